The maximum atomic E-state index is 11.1. The van der Waals surface area contributed by atoms with Crippen LogP contribution in [-0.4, -0.2) is 13.7 Å². The minimum Gasteiger partial charge on any atom is -0.289 e. The zero-order chi connectivity index (χ0) is 9.45. The average molecular weight is 193 g/mol. The van der Waals surface area contributed by atoms with Gasteiger partial charge in [-0.05, 0) is 0 Å². The van der Waals surface area contributed by atoms with Crippen LogP contribution in [0.4, 0.5) is 0 Å². The number of nitrogens with two attached hydrogens (primary N) is 1. The van der Waals surface area contributed by atoms with Gasteiger partial charge in [-0.3, -0.25) is 9.05 Å². The second-order valence-electron chi connectivity index (χ2n) is 1.69. The first-order valence-corrected chi connectivity index (χ1v) is 4.61. The van der Waals surface area contributed by atoms with E-state index in [1.165, 1.54) is 7.11 Å². The summed E-state index contributed by atoms with van der Waals surface area (Å²) in [5.41, 5.74) is 0. The fraction of sp³-hybridized carbons (Fsp3) is 0.333. The van der Waals surface area contributed by atoms with Crippen molar-refractivity contribution in [2.75, 3.05) is 13.7 Å². The summed E-state index contributed by atoms with van der Waals surface area (Å²) in [5, 5.41) is 0. The molecule has 0 saturated carbocycles. The zero-order valence-electron chi connectivity index (χ0n) is 6.80. The lowest BCUT2D eigenvalue weighted by molar-refractivity contribution is 0.142. The molecule has 0 spiro atoms. The van der Waals surface area contributed by atoms with E-state index >= 15 is 0 Å². The lowest BCUT2D eigenvalue weighted by Crippen LogP contribution is -2.02. The molecular formula is C6H12NO4P. The quantitative estimate of drug-likeness (QED) is 0.392. The predicted molar refractivity (Wildman–Crippen MR) is 45.2 cm³/mol. The fourth-order valence-electron chi connectivity index (χ4n) is 0.412. The Hall–Kier alpha value is -0.450. The molecule has 0 bridgehead atoms. The van der Waals surface area contributed by atoms with Crippen molar-refractivity contribution in [3.8, 4) is 0 Å². The van der Waals surface area contributed by atoms with E-state index in [1.54, 1.807) is 18.2 Å². The third-order valence-electron chi connectivity index (χ3n) is 0.954. The second kappa shape index (κ2) is 6.11. The lowest BCUT2D eigenvalue weighted by atomic mass is 10.5. The molecule has 0 radical (unpaired) electrons. The summed E-state index contributed by atoms with van der Waals surface area (Å²) in [4.78, 5) is 0. The van der Waals surface area contributed by atoms with Gasteiger partial charge in [-0.2, -0.15) is 0 Å². The van der Waals surface area contributed by atoms with Crippen molar-refractivity contribution in [2.45, 2.75) is 0 Å². The topological polar surface area (TPSA) is 70.8 Å². The SMILES string of the molecule is C=C/C=C\COP(=O)(OC)ON. The van der Waals surface area contributed by atoms with Gasteiger partial charge >= 0.3 is 7.82 Å². The van der Waals surface area contributed by atoms with Crippen LogP contribution in [0.5, 0.6) is 0 Å². The Labute approximate surface area is 71.4 Å². The van der Waals surface area contributed by atoms with Crippen LogP contribution in [0.25, 0.3) is 0 Å². The van der Waals surface area contributed by atoms with E-state index in [9.17, 15) is 4.57 Å². The Kier molecular flexibility index (Phi) is 5.88. The number of phosphoric acid groups is 1. The van der Waals surface area contributed by atoms with Gasteiger partial charge in [0.2, 0.25) is 0 Å². The van der Waals surface area contributed by atoms with Gasteiger partial charge in [0, 0.05) is 7.11 Å². The molecule has 0 aromatic heterocycles. The van der Waals surface area contributed by atoms with Crippen molar-refractivity contribution < 1.29 is 18.2 Å². The van der Waals surface area contributed by atoms with Crippen LogP contribution in [0.1, 0.15) is 0 Å². The Balaban J connectivity index is 3.81. The van der Waals surface area contributed by atoms with Crippen LogP contribution in [0, 0.1) is 0 Å². The van der Waals surface area contributed by atoms with Gasteiger partial charge in [-0.15, -0.1) is 0 Å². The maximum Gasteiger partial charge on any atom is 0.491 e. The van der Waals surface area contributed by atoms with Gasteiger partial charge in [0.25, 0.3) is 0 Å². The molecule has 0 heterocycles. The molecule has 2 N–H and O–H groups in total. The van der Waals surface area contributed by atoms with E-state index in [1.807, 2.05) is 0 Å². The van der Waals surface area contributed by atoms with Crippen LogP contribution in [0.3, 0.4) is 0 Å². The van der Waals surface area contributed by atoms with E-state index in [2.05, 4.69) is 26.1 Å². The van der Waals surface area contributed by atoms with E-state index in [0.29, 0.717) is 0 Å². The van der Waals surface area contributed by atoms with Gasteiger partial charge < -0.3 is 0 Å². The first kappa shape index (κ1) is 11.6. The summed E-state index contributed by atoms with van der Waals surface area (Å²) in [7, 11) is -2.34. The Morgan fingerprint density at radius 1 is 1.67 bits per heavy atom. The standard InChI is InChI=1S/C6H12NO4P/c1-3-4-5-6-10-12(8,9-2)11-7/h3-5H,1,6-7H2,2H3/b5-4-. The van der Waals surface area contributed by atoms with Crippen molar-refractivity contribution in [1.29, 1.82) is 0 Å². The van der Waals surface area contributed by atoms with Crippen molar-refractivity contribution in [1.82, 2.24) is 0 Å². The molecule has 0 fully saturated rings. The van der Waals surface area contributed by atoms with Crippen LogP contribution in [0.2, 0.25) is 0 Å². The van der Waals surface area contributed by atoms with Crippen molar-refractivity contribution in [3.05, 3.63) is 24.8 Å². The monoisotopic (exact) mass is 193 g/mol. The molecule has 0 aromatic carbocycles. The Morgan fingerprint density at radius 2 is 2.33 bits per heavy atom. The van der Waals surface area contributed by atoms with Crippen molar-refractivity contribution in [2.24, 2.45) is 5.90 Å². The van der Waals surface area contributed by atoms with Crippen molar-refractivity contribution >= 4 is 7.82 Å². The number of rotatable bonds is 6. The Bertz CT molecular complexity index is 196. The number of hydrogen-bond acceptors (Lipinski definition) is 5. The maximum absolute atomic E-state index is 11.1. The van der Waals surface area contributed by atoms with E-state index in [4.69, 9.17) is 0 Å². The summed E-state index contributed by atoms with van der Waals surface area (Å²) in [6.07, 6.45) is 4.79. The van der Waals surface area contributed by atoms with Crippen LogP contribution >= 0.6 is 7.82 Å². The highest BCUT2D eigenvalue weighted by atomic mass is 31.2. The van der Waals surface area contributed by atoms with Crippen molar-refractivity contribution in [3.63, 3.8) is 0 Å². The summed E-state index contributed by atoms with van der Waals surface area (Å²) in [6, 6.07) is 0. The molecule has 0 aliphatic carbocycles. The first-order valence-electron chi connectivity index (χ1n) is 3.15. The minimum absolute atomic E-state index is 0.0916. The Morgan fingerprint density at radius 3 is 2.75 bits per heavy atom. The number of allylic oxidation sites excluding steroid dienone is 2. The van der Waals surface area contributed by atoms with Gasteiger partial charge in [0.1, 0.15) is 0 Å². The minimum atomic E-state index is -3.53. The number of hydrogen-bond donors (Lipinski definition) is 1. The lowest BCUT2D eigenvalue weighted by Gasteiger charge is -2.10. The molecule has 0 rings (SSSR count). The predicted octanol–water partition coefficient (Wildman–Crippen LogP) is 1.39. The smallest absolute Gasteiger partial charge is 0.289 e. The molecule has 0 saturated heterocycles. The second-order valence-corrected chi connectivity index (χ2v) is 3.42. The fourth-order valence-corrected chi connectivity index (χ4v) is 0.933. The summed E-state index contributed by atoms with van der Waals surface area (Å²) in [5.74, 6) is 4.67. The average Bonchev–Trinajstić information content (AvgIpc) is 2.12. The highest BCUT2D eigenvalue weighted by molar-refractivity contribution is 7.48. The molecule has 0 aliphatic rings. The third-order valence-corrected chi connectivity index (χ3v) is 2.12. The van der Waals surface area contributed by atoms with Crippen LogP contribution in [-0.2, 0) is 18.2 Å². The molecule has 1 unspecified atom stereocenters. The number of phosphoric ester groups is 1. The molecule has 5 nitrogen and oxygen atoms in total. The molecule has 12 heavy (non-hydrogen) atoms. The first-order chi connectivity index (χ1) is 5.68. The molecule has 0 amide bonds. The molecule has 0 aliphatic heterocycles. The van der Waals surface area contributed by atoms with Crippen LogP contribution < -0.4 is 5.90 Å². The van der Waals surface area contributed by atoms with Gasteiger partial charge in [0.05, 0.1) is 6.61 Å². The highest BCUT2D eigenvalue weighted by Crippen LogP contribution is 2.46. The molecule has 1 atom stereocenters. The van der Waals surface area contributed by atoms with Gasteiger partial charge in [0.15, 0.2) is 0 Å². The third kappa shape index (κ3) is 4.43. The summed E-state index contributed by atoms with van der Waals surface area (Å²) >= 11 is 0. The molecule has 70 valence electrons. The van der Waals surface area contributed by atoms with Gasteiger partial charge in [-0.25, -0.2) is 15.1 Å². The van der Waals surface area contributed by atoms with E-state index in [0.717, 1.165) is 0 Å². The summed E-state index contributed by atoms with van der Waals surface area (Å²) in [6.45, 7) is 3.53. The van der Waals surface area contributed by atoms with Crippen LogP contribution in [0.15, 0.2) is 24.8 Å². The highest BCUT2D eigenvalue weighted by Gasteiger charge is 2.22. The molecule has 0 aromatic rings. The molecule has 6 heteroatoms. The summed E-state index contributed by atoms with van der Waals surface area (Å²) < 4.78 is 24.2. The zero-order valence-corrected chi connectivity index (χ0v) is 7.70. The molecular weight excluding hydrogens is 181 g/mol. The van der Waals surface area contributed by atoms with E-state index < -0.39 is 7.82 Å². The van der Waals surface area contributed by atoms with E-state index in [-0.39, 0.29) is 6.61 Å². The normalized spacial score (nSPS) is 16.2. The largest absolute Gasteiger partial charge is 0.491 e. The van der Waals surface area contributed by atoms with Gasteiger partial charge in [-0.1, -0.05) is 24.8 Å².